The van der Waals surface area contributed by atoms with Crippen molar-refractivity contribution < 1.29 is 22.7 Å². The summed E-state index contributed by atoms with van der Waals surface area (Å²) in [5.41, 5.74) is 0. The number of hydrogen-bond donors (Lipinski definition) is 0. The van der Waals surface area contributed by atoms with Crippen LogP contribution in [0.1, 0.15) is 13.3 Å². The van der Waals surface area contributed by atoms with Crippen molar-refractivity contribution in [3.05, 3.63) is 12.2 Å². The Labute approximate surface area is 68.0 Å². The largest absolute Gasteiger partial charge is 0.463 e. The molecule has 0 rings (SSSR count). The molecule has 0 amide bonds. The molecule has 0 aliphatic rings. The van der Waals surface area contributed by atoms with Gasteiger partial charge in [-0.15, -0.1) is 0 Å². The van der Waals surface area contributed by atoms with Crippen LogP contribution in [0.5, 0.6) is 0 Å². The average Bonchev–Trinajstić information content (AvgIpc) is 1.95. The van der Waals surface area contributed by atoms with Crippen molar-refractivity contribution in [2.24, 2.45) is 0 Å². The molecule has 0 aromatic rings. The molecule has 0 unspecified atom stereocenters. The first-order chi connectivity index (χ1) is 5.45. The van der Waals surface area contributed by atoms with Gasteiger partial charge in [0.2, 0.25) is 0 Å². The van der Waals surface area contributed by atoms with Crippen molar-refractivity contribution in [1.29, 1.82) is 0 Å². The molecule has 12 heavy (non-hydrogen) atoms. The number of ether oxygens (including phenoxy) is 1. The van der Waals surface area contributed by atoms with Crippen LogP contribution in [0.3, 0.4) is 0 Å². The van der Waals surface area contributed by atoms with Gasteiger partial charge < -0.3 is 4.74 Å². The van der Waals surface area contributed by atoms with Crippen molar-refractivity contribution in [2.45, 2.75) is 19.5 Å². The highest BCUT2D eigenvalue weighted by atomic mass is 19.4. The maximum atomic E-state index is 11.4. The van der Waals surface area contributed by atoms with Crippen LogP contribution in [-0.4, -0.2) is 18.8 Å². The van der Waals surface area contributed by atoms with Gasteiger partial charge in [-0.1, -0.05) is 6.92 Å². The lowest BCUT2D eigenvalue weighted by Gasteiger charge is -1.99. The molecular weight excluding hydrogens is 173 g/mol. The SMILES string of the molecule is CCCOC(=O)C=CC(F)(F)F. The van der Waals surface area contributed by atoms with Gasteiger partial charge >= 0.3 is 12.1 Å². The third-order valence-electron chi connectivity index (χ3n) is 0.857. The van der Waals surface area contributed by atoms with Gasteiger partial charge in [-0.25, -0.2) is 4.79 Å². The van der Waals surface area contributed by atoms with Crippen molar-refractivity contribution in [3.8, 4) is 0 Å². The predicted octanol–water partition coefficient (Wildman–Crippen LogP) is 2.06. The highest BCUT2D eigenvalue weighted by Gasteiger charge is 2.22. The summed E-state index contributed by atoms with van der Waals surface area (Å²) in [7, 11) is 0. The van der Waals surface area contributed by atoms with E-state index in [0.717, 1.165) is 0 Å². The van der Waals surface area contributed by atoms with Gasteiger partial charge in [0.15, 0.2) is 0 Å². The Morgan fingerprint density at radius 2 is 2.08 bits per heavy atom. The maximum absolute atomic E-state index is 11.4. The molecule has 70 valence electrons. The predicted molar refractivity (Wildman–Crippen MR) is 36.4 cm³/mol. The lowest BCUT2D eigenvalue weighted by Crippen LogP contribution is -2.06. The van der Waals surface area contributed by atoms with Gasteiger partial charge in [0.1, 0.15) is 0 Å². The number of hydrogen-bond acceptors (Lipinski definition) is 2. The van der Waals surface area contributed by atoms with Gasteiger partial charge in [0.05, 0.1) is 6.61 Å². The Kier molecular flexibility index (Phi) is 4.39. The second kappa shape index (κ2) is 4.79. The summed E-state index contributed by atoms with van der Waals surface area (Å²) in [5.74, 6) is -0.964. The zero-order chi connectivity index (χ0) is 9.61. The monoisotopic (exact) mass is 182 g/mol. The number of allylic oxidation sites excluding steroid dienone is 1. The first kappa shape index (κ1) is 11.0. The van der Waals surface area contributed by atoms with Crippen molar-refractivity contribution in [3.63, 3.8) is 0 Å². The molecule has 0 aliphatic carbocycles. The smallest absolute Gasteiger partial charge is 0.410 e. The molecule has 0 atom stereocenters. The molecule has 0 saturated heterocycles. The Hall–Kier alpha value is -1.00. The van der Waals surface area contributed by atoms with Crippen molar-refractivity contribution in [2.75, 3.05) is 6.61 Å². The van der Waals surface area contributed by atoms with Crippen LogP contribution in [0.15, 0.2) is 12.2 Å². The standard InChI is InChI=1S/C7H9F3O2/c1-2-5-12-6(11)3-4-7(8,9)10/h3-4H,2,5H2,1H3. The molecular formula is C7H9F3O2. The van der Waals surface area contributed by atoms with Crippen LogP contribution in [-0.2, 0) is 9.53 Å². The zero-order valence-electron chi connectivity index (χ0n) is 6.52. The Morgan fingerprint density at radius 3 is 2.50 bits per heavy atom. The summed E-state index contributed by atoms with van der Waals surface area (Å²) in [6.07, 6.45) is -3.64. The minimum atomic E-state index is -4.45. The molecule has 5 heteroatoms. The van der Waals surface area contributed by atoms with E-state index in [4.69, 9.17) is 0 Å². The fraction of sp³-hybridized carbons (Fsp3) is 0.571. The molecule has 0 aromatic heterocycles. The molecule has 0 radical (unpaired) electrons. The van der Waals surface area contributed by atoms with E-state index in [-0.39, 0.29) is 12.7 Å². The van der Waals surface area contributed by atoms with E-state index in [1.165, 1.54) is 0 Å². The number of alkyl halides is 3. The number of esters is 1. The van der Waals surface area contributed by atoms with E-state index in [1.807, 2.05) is 0 Å². The summed E-state index contributed by atoms with van der Waals surface area (Å²) in [6, 6.07) is 0. The summed E-state index contributed by atoms with van der Waals surface area (Å²) < 4.78 is 38.7. The van der Waals surface area contributed by atoms with E-state index in [2.05, 4.69) is 4.74 Å². The molecule has 0 heterocycles. The summed E-state index contributed by atoms with van der Waals surface area (Å²) in [5, 5.41) is 0. The molecule has 0 fully saturated rings. The van der Waals surface area contributed by atoms with Crippen LogP contribution >= 0.6 is 0 Å². The number of rotatable bonds is 3. The van der Waals surface area contributed by atoms with Crippen molar-refractivity contribution in [1.82, 2.24) is 0 Å². The molecule has 0 spiro atoms. The number of halogens is 3. The number of carbonyl (C=O) groups is 1. The summed E-state index contributed by atoms with van der Waals surface area (Å²) in [4.78, 5) is 10.4. The molecule has 0 saturated carbocycles. The first-order valence-corrected chi connectivity index (χ1v) is 3.38. The zero-order valence-corrected chi connectivity index (χ0v) is 6.52. The van der Waals surface area contributed by atoms with E-state index in [1.54, 1.807) is 6.92 Å². The molecule has 2 nitrogen and oxygen atoms in total. The van der Waals surface area contributed by atoms with Crippen LogP contribution in [0.25, 0.3) is 0 Å². The Bertz CT molecular complexity index is 172. The Balaban J connectivity index is 3.76. The van der Waals surface area contributed by atoms with Gasteiger partial charge in [0.25, 0.3) is 0 Å². The van der Waals surface area contributed by atoms with E-state index in [0.29, 0.717) is 12.5 Å². The van der Waals surface area contributed by atoms with Crippen LogP contribution in [0.4, 0.5) is 13.2 Å². The lowest BCUT2D eigenvalue weighted by atomic mass is 10.5. The lowest BCUT2D eigenvalue weighted by molar-refractivity contribution is -0.138. The van der Waals surface area contributed by atoms with E-state index < -0.39 is 12.1 Å². The summed E-state index contributed by atoms with van der Waals surface area (Å²) >= 11 is 0. The topological polar surface area (TPSA) is 26.3 Å². The van der Waals surface area contributed by atoms with E-state index in [9.17, 15) is 18.0 Å². The molecule has 0 aliphatic heterocycles. The molecule has 0 N–H and O–H groups in total. The fourth-order valence-electron chi connectivity index (χ4n) is 0.413. The minimum Gasteiger partial charge on any atom is -0.463 e. The minimum absolute atomic E-state index is 0.140. The Morgan fingerprint density at radius 1 is 1.50 bits per heavy atom. The highest BCUT2D eigenvalue weighted by Crippen LogP contribution is 2.15. The third kappa shape index (κ3) is 7.11. The van der Waals surface area contributed by atoms with Crippen LogP contribution in [0, 0.1) is 0 Å². The maximum Gasteiger partial charge on any atom is 0.410 e. The second-order valence-electron chi connectivity index (χ2n) is 2.04. The number of carbonyl (C=O) groups excluding carboxylic acids is 1. The fourth-order valence-corrected chi connectivity index (χ4v) is 0.413. The van der Waals surface area contributed by atoms with Gasteiger partial charge in [0, 0.05) is 12.2 Å². The van der Waals surface area contributed by atoms with Gasteiger partial charge in [-0.2, -0.15) is 13.2 Å². The normalized spacial score (nSPS) is 12.0. The first-order valence-electron chi connectivity index (χ1n) is 3.38. The molecule has 0 aromatic carbocycles. The second-order valence-corrected chi connectivity index (χ2v) is 2.04. The third-order valence-corrected chi connectivity index (χ3v) is 0.857. The van der Waals surface area contributed by atoms with Crippen LogP contribution < -0.4 is 0 Å². The van der Waals surface area contributed by atoms with Gasteiger partial charge in [-0.05, 0) is 6.42 Å². The molecule has 0 bridgehead atoms. The van der Waals surface area contributed by atoms with E-state index >= 15 is 0 Å². The summed E-state index contributed by atoms with van der Waals surface area (Å²) in [6.45, 7) is 1.89. The highest BCUT2D eigenvalue weighted by molar-refractivity contribution is 5.81. The van der Waals surface area contributed by atoms with Gasteiger partial charge in [-0.3, -0.25) is 0 Å². The average molecular weight is 182 g/mol. The quantitative estimate of drug-likeness (QED) is 0.493. The van der Waals surface area contributed by atoms with Crippen molar-refractivity contribution >= 4 is 5.97 Å². The van der Waals surface area contributed by atoms with Crippen LogP contribution in [0.2, 0.25) is 0 Å².